The standard InChI is InChI=1S/C14H19NO2S/c1-3-11-9-15(6-7-17-11)14(16)13-8-12(18)5-4-10(13)2/h4-5,8,11,18H,3,6-7,9H2,1-2H3. The molecular formula is C14H19NO2S. The first-order valence-corrected chi connectivity index (χ1v) is 6.77. The number of thiol groups is 1. The smallest absolute Gasteiger partial charge is 0.254 e. The van der Waals surface area contributed by atoms with E-state index in [1.54, 1.807) is 0 Å². The van der Waals surface area contributed by atoms with E-state index in [0.717, 1.165) is 22.4 Å². The molecule has 2 rings (SSSR count). The van der Waals surface area contributed by atoms with Crippen molar-refractivity contribution in [2.45, 2.75) is 31.3 Å². The minimum absolute atomic E-state index is 0.0881. The number of benzene rings is 1. The van der Waals surface area contributed by atoms with E-state index in [4.69, 9.17) is 4.74 Å². The first-order valence-electron chi connectivity index (χ1n) is 6.32. The van der Waals surface area contributed by atoms with Gasteiger partial charge >= 0.3 is 0 Å². The predicted octanol–water partition coefficient (Wildman–Crippen LogP) is 2.53. The molecule has 0 N–H and O–H groups in total. The van der Waals surface area contributed by atoms with E-state index in [-0.39, 0.29) is 12.0 Å². The monoisotopic (exact) mass is 265 g/mol. The highest BCUT2D eigenvalue weighted by molar-refractivity contribution is 7.80. The molecule has 0 aliphatic carbocycles. The van der Waals surface area contributed by atoms with Gasteiger partial charge in [0.1, 0.15) is 0 Å². The molecule has 1 aromatic rings. The van der Waals surface area contributed by atoms with Gasteiger partial charge in [-0.2, -0.15) is 0 Å². The number of morpholine rings is 1. The molecule has 0 saturated carbocycles. The van der Waals surface area contributed by atoms with Gasteiger partial charge in [0, 0.05) is 23.5 Å². The third-order valence-corrected chi connectivity index (χ3v) is 3.61. The number of nitrogens with zero attached hydrogens (tertiary/aromatic N) is 1. The molecule has 0 aromatic heterocycles. The minimum Gasteiger partial charge on any atom is -0.375 e. The van der Waals surface area contributed by atoms with Gasteiger partial charge < -0.3 is 9.64 Å². The SMILES string of the molecule is CCC1CN(C(=O)c2cc(S)ccc2C)CCO1. The Balaban J connectivity index is 2.17. The number of rotatable bonds is 2. The van der Waals surface area contributed by atoms with Crippen molar-refractivity contribution >= 4 is 18.5 Å². The highest BCUT2D eigenvalue weighted by Crippen LogP contribution is 2.18. The van der Waals surface area contributed by atoms with Gasteiger partial charge in [-0.25, -0.2) is 0 Å². The summed E-state index contributed by atoms with van der Waals surface area (Å²) in [4.78, 5) is 15.2. The Hall–Kier alpha value is -1.00. The van der Waals surface area contributed by atoms with Crippen LogP contribution in [0.3, 0.4) is 0 Å². The van der Waals surface area contributed by atoms with Crippen LogP contribution in [0.4, 0.5) is 0 Å². The van der Waals surface area contributed by atoms with Crippen LogP contribution in [0.5, 0.6) is 0 Å². The largest absolute Gasteiger partial charge is 0.375 e. The zero-order chi connectivity index (χ0) is 13.1. The van der Waals surface area contributed by atoms with Crippen molar-refractivity contribution < 1.29 is 9.53 Å². The van der Waals surface area contributed by atoms with Crippen molar-refractivity contribution in [3.05, 3.63) is 29.3 Å². The van der Waals surface area contributed by atoms with Crippen molar-refractivity contribution in [2.75, 3.05) is 19.7 Å². The van der Waals surface area contributed by atoms with E-state index in [1.165, 1.54) is 0 Å². The second kappa shape index (κ2) is 5.76. The van der Waals surface area contributed by atoms with Crippen LogP contribution in [0, 0.1) is 6.92 Å². The predicted molar refractivity (Wildman–Crippen MR) is 74.4 cm³/mol. The molecule has 1 aromatic carbocycles. The molecule has 0 bridgehead atoms. The lowest BCUT2D eigenvalue weighted by atomic mass is 10.1. The average molecular weight is 265 g/mol. The molecule has 1 aliphatic heterocycles. The third kappa shape index (κ3) is 2.87. The third-order valence-electron chi connectivity index (χ3n) is 3.33. The Morgan fingerprint density at radius 1 is 1.56 bits per heavy atom. The second-order valence-corrected chi connectivity index (χ2v) is 5.17. The summed E-state index contributed by atoms with van der Waals surface area (Å²) in [6.45, 7) is 6.03. The maximum absolute atomic E-state index is 12.5. The van der Waals surface area contributed by atoms with Crippen LogP contribution in [0.25, 0.3) is 0 Å². The minimum atomic E-state index is 0.0881. The summed E-state index contributed by atoms with van der Waals surface area (Å²) >= 11 is 4.30. The number of hydrogen-bond acceptors (Lipinski definition) is 3. The van der Waals surface area contributed by atoms with Crippen LogP contribution in [-0.2, 0) is 4.74 Å². The Morgan fingerprint density at radius 3 is 3.06 bits per heavy atom. The van der Waals surface area contributed by atoms with Gasteiger partial charge in [0.2, 0.25) is 0 Å². The zero-order valence-electron chi connectivity index (χ0n) is 10.8. The molecule has 1 unspecified atom stereocenters. The number of ether oxygens (including phenoxy) is 1. The van der Waals surface area contributed by atoms with Gasteiger partial charge in [-0.05, 0) is 31.0 Å². The van der Waals surface area contributed by atoms with Crippen LogP contribution in [0.1, 0.15) is 29.3 Å². The summed E-state index contributed by atoms with van der Waals surface area (Å²) in [5, 5.41) is 0. The average Bonchev–Trinajstić information content (AvgIpc) is 2.41. The summed E-state index contributed by atoms with van der Waals surface area (Å²) in [5.41, 5.74) is 1.75. The van der Waals surface area contributed by atoms with Gasteiger partial charge in [-0.3, -0.25) is 4.79 Å². The molecule has 4 heteroatoms. The van der Waals surface area contributed by atoms with E-state index in [2.05, 4.69) is 19.6 Å². The van der Waals surface area contributed by atoms with Gasteiger partial charge in [0.25, 0.3) is 5.91 Å². The highest BCUT2D eigenvalue weighted by Gasteiger charge is 2.24. The normalized spacial score (nSPS) is 19.9. The van der Waals surface area contributed by atoms with Gasteiger partial charge in [-0.15, -0.1) is 12.6 Å². The highest BCUT2D eigenvalue weighted by atomic mass is 32.1. The fraction of sp³-hybridized carbons (Fsp3) is 0.500. The maximum Gasteiger partial charge on any atom is 0.254 e. The van der Waals surface area contributed by atoms with Crippen molar-refractivity contribution in [2.24, 2.45) is 0 Å². The molecule has 1 atom stereocenters. The number of amides is 1. The number of carbonyl (C=O) groups excluding carboxylic acids is 1. The molecular weight excluding hydrogens is 246 g/mol. The summed E-state index contributed by atoms with van der Waals surface area (Å²) in [7, 11) is 0. The van der Waals surface area contributed by atoms with Crippen LogP contribution >= 0.6 is 12.6 Å². The molecule has 1 amide bonds. The Bertz CT molecular complexity index is 447. The summed E-state index contributed by atoms with van der Waals surface area (Å²) in [6, 6.07) is 5.69. The zero-order valence-corrected chi connectivity index (χ0v) is 11.7. The number of aryl methyl sites for hydroxylation is 1. The van der Waals surface area contributed by atoms with Crippen LogP contribution in [-0.4, -0.2) is 36.6 Å². The maximum atomic E-state index is 12.5. The van der Waals surface area contributed by atoms with Crippen molar-refractivity contribution in [1.82, 2.24) is 4.90 Å². The molecule has 1 fully saturated rings. The van der Waals surface area contributed by atoms with Gasteiger partial charge in [-0.1, -0.05) is 13.0 Å². The molecule has 98 valence electrons. The van der Waals surface area contributed by atoms with Crippen LogP contribution in [0.2, 0.25) is 0 Å². The molecule has 1 saturated heterocycles. The Labute approximate surface area is 114 Å². The Kier molecular flexibility index (Phi) is 4.30. The molecule has 1 aliphatic rings. The van der Waals surface area contributed by atoms with Gasteiger partial charge in [0.15, 0.2) is 0 Å². The van der Waals surface area contributed by atoms with E-state index < -0.39 is 0 Å². The fourth-order valence-electron chi connectivity index (χ4n) is 2.16. The molecule has 0 spiro atoms. The summed E-state index contributed by atoms with van der Waals surface area (Å²) in [6.07, 6.45) is 1.11. The van der Waals surface area contributed by atoms with Crippen LogP contribution in [0.15, 0.2) is 23.1 Å². The van der Waals surface area contributed by atoms with E-state index >= 15 is 0 Å². The second-order valence-electron chi connectivity index (χ2n) is 4.65. The molecule has 1 heterocycles. The first kappa shape index (κ1) is 13.4. The van der Waals surface area contributed by atoms with E-state index in [0.29, 0.717) is 19.7 Å². The lowest BCUT2D eigenvalue weighted by Crippen LogP contribution is -2.45. The number of carbonyl (C=O) groups is 1. The van der Waals surface area contributed by atoms with Crippen molar-refractivity contribution in [1.29, 1.82) is 0 Å². The quantitative estimate of drug-likeness (QED) is 0.833. The lowest BCUT2D eigenvalue weighted by Gasteiger charge is -2.32. The Morgan fingerprint density at radius 2 is 2.33 bits per heavy atom. The van der Waals surface area contributed by atoms with Crippen LogP contribution < -0.4 is 0 Å². The summed E-state index contributed by atoms with van der Waals surface area (Å²) in [5.74, 6) is 0.0881. The molecule has 0 radical (unpaired) electrons. The van der Waals surface area contributed by atoms with Gasteiger partial charge in [0.05, 0.1) is 12.7 Å². The first-order chi connectivity index (χ1) is 8.61. The topological polar surface area (TPSA) is 29.5 Å². The lowest BCUT2D eigenvalue weighted by molar-refractivity contribution is -0.0226. The fourth-order valence-corrected chi connectivity index (χ4v) is 2.37. The van der Waals surface area contributed by atoms with E-state index in [1.807, 2.05) is 30.0 Å². The van der Waals surface area contributed by atoms with Crippen molar-refractivity contribution in [3.8, 4) is 0 Å². The van der Waals surface area contributed by atoms with E-state index in [9.17, 15) is 4.79 Å². The number of hydrogen-bond donors (Lipinski definition) is 1. The molecule has 3 nitrogen and oxygen atoms in total. The summed E-state index contributed by atoms with van der Waals surface area (Å²) < 4.78 is 5.59. The van der Waals surface area contributed by atoms with Crippen molar-refractivity contribution in [3.63, 3.8) is 0 Å². The molecule has 18 heavy (non-hydrogen) atoms.